The van der Waals surface area contributed by atoms with Crippen molar-refractivity contribution in [2.75, 3.05) is 16.8 Å². The molecule has 0 fully saturated rings. The number of carbonyl (C=O) groups excluding carboxylic acids is 1. The Kier molecular flexibility index (Phi) is 5.04. The molecule has 0 aliphatic rings. The summed E-state index contributed by atoms with van der Waals surface area (Å²) >= 11 is 0. The van der Waals surface area contributed by atoms with E-state index in [1.54, 1.807) is 11.0 Å². The molecule has 2 aromatic carbocycles. The van der Waals surface area contributed by atoms with E-state index in [0.29, 0.717) is 18.1 Å². The van der Waals surface area contributed by atoms with E-state index in [2.05, 4.69) is 15.3 Å². The molecule has 3 rings (SSSR count). The first-order valence-corrected chi connectivity index (χ1v) is 8.20. The van der Waals surface area contributed by atoms with Crippen LogP contribution < -0.4 is 10.2 Å². The Hall–Kier alpha value is -3.21. The minimum atomic E-state index is -0.149. The standard InChI is InChI=1S/C20H20N4O/c1-3-24(16-10-5-4-6-11-16)20(25)18-13-19(22-14-21-18)23-17-12-8-7-9-15(17)2/h4-14H,3H2,1-2H3,(H,21,22,23). The Morgan fingerprint density at radius 1 is 1.04 bits per heavy atom. The monoisotopic (exact) mass is 332 g/mol. The molecule has 0 saturated heterocycles. The molecule has 25 heavy (non-hydrogen) atoms. The number of nitrogens with one attached hydrogen (secondary N) is 1. The number of nitrogens with zero attached hydrogens (tertiary/aromatic N) is 3. The predicted octanol–water partition coefficient (Wildman–Crippen LogP) is 4.20. The normalized spacial score (nSPS) is 10.3. The van der Waals surface area contributed by atoms with E-state index in [1.165, 1.54) is 6.33 Å². The van der Waals surface area contributed by atoms with Crippen LogP contribution in [0.25, 0.3) is 0 Å². The van der Waals surface area contributed by atoms with Gasteiger partial charge in [0.2, 0.25) is 0 Å². The smallest absolute Gasteiger partial charge is 0.277 e. The molecule has 0 unspecified atom stereocenters. The maximum absolute atomic E-state index is 12.9. The van der Waals surface area contributed by atoms with Crippen LogP contribution in [0.4, 0.5) is 17.2 Å². The summed E-state index contributed by atoms with van der Waals surface area (Å²) in [5, 5.41) is 3.24. The number of amides is 1. The number of para-hydroxylation sites is 2. The van der Waals surface area contributed by atoms with Crippen LogP contribution in [0.3, 0.4) is 0 Å². The van der Waals surface area contributed by atoms with Gasteiger partial charge in [0, 0.05) is 24.0 Å². The first kappa shape index (κ1) is 16.6. The summed E-state index contributed by atoms with van der Waals surface area (Å²) in [6.07, 6.45) is 1.41. The van der Waals surface area contributed by atoms with Crippen molar-refractivity contribution in [3.8, 4) is 0 Å². The molecule has 3 aromatic rings. The molecule has 5 nitrogen and oxygen atoms in total. The highest BCUT2D eigenvalue weighted by Crippen LogP contribution is 2.20. The second kappa shape index (κ2) is 7.57. The predicted molar refractivity (Wildman–Crippen MR) is 100 cm³/mol. The van der Waals surface area contributed by atoms with Gasteiger partial charge in [0.1, 0.15) is 17.8 Å². The van der Waals surface area contributed by atoms with Gasteiger partial charge < -0.3 is 10.2 Å². The fourth-order valence-corrected chi connectivity index (χ4v) is 2.58. The molecule has 0 aliphatic heterocycles. The lowest BCUT2D eigenvalue weighted by Crippen LogP contribution is -2.31. The van der Waals surface area contributed by atoms with Gasteiger partial charge in [-0.05, 0) is 37.6 Å². The molecule has 126 valence electrons. The molecule has 5 heteroatoms. The van der Waals surface area contributed by atoms with Crippen molar-refractivity contribution in [2.24, 2.45) is 0 Å². The third-order valence-corrected chi connectivity index (χ3v) is 3.92. The summed E-state index contributed by atoms with van der Waals surface area (Å²) < 4.78 is 0. The highest BCUT2D eigenvalue weighted by atomic mass is 16.2. The van der Waals surface area contributed by atoms with Crippen molar-refractivity contribution >= 4 is 23.1 Å². The van der Waals surface area contributed by atoms with Gasteiger partial charge >= 0.3 is 0 Å². The quantitative estimate of drug-likeness (QED) is 0.761. The average Bonchev–Trinajstić information content (AvgIpc) is 2.65. The van der Waals surface area contributed by atoms with E-state index in [9.17, 15) is 4.79 Å². The van der Waals surface area contributed by atoms with Crippen molar-refractivity contribution in [1.29, 1.82) is 0 Å². The van der Waals surface area contributed by atoms with Crippen molar-refractivity contribution in [1.82, 2.24) is 9.97 Å². The van der Waals surface area contributed by atoms with Gasteiger partial charge in [-0.2, -0.15) is 0 Å². The summed E-state index contributed by atoms with van der Waals surface area (Å²) in [4.78, 5) is 22.9. The number of anilines is 3. The number of rotatable bonds is 5. The SMILES string of the molecule is CCN(C(=O)c1cc(Nc2ccccc2C)ncn1)c1ccccc1. The fourth-order valence-electron chi connectivity index (χ4n) is 2.58. The van der Waals surface area contributed by atoms with Crippen LogP contribution in [0.1, 0.15) is 23.0 Å². The van der Waals surface area contributed by atoms with Crippen LogP contribution in [0.5, 0.6) is 0 Å². The molecule has 1 amide bonds. The topological polar surface area (TPSA) is 58.1 Å². The van der Waals surface area contributed by atoms with Crippen molar-refractivity contribution in [2.45, 2.75) is 13.8 Å². The highest BCUT2D eigenvalue weighted by molar-refractivity contribution is 6.05. The third kappa shape index (κ3) is 3.83. The van der Waals surface area contributed by atoms with Gasteiger partial charge in [0.15, 0.2) is 0 Å². The average molecular weight is 332 g/mol. The maximum Gasteiger partial charge on any atom is 0.277 e. The summed E-state index contributed by atoms with van der Waals surface area (Å²) in [6, 6.07) is 19.2. The molecule has 1 aromatic heterocycles. The molecular formula is C20H20N4O. The summed E-state index contributed by atoms with van der Waals surface area (Å²) in [7, 11) is 0. The summed E-state index contributed by atoms with van der Waals surface area (Å²) in [5.74, 6) is 0.445. The van der Waals surface area contributed by atoms with E-state index < -0.39 is 0 Å². The molecule has 0 spiro atoms. The minimum Gasteiger partial charge on any atom is -0.340 e. The van der Waals surface area contributed by atoms with Gasteiger partial charge in [0.25, 0.3) is 5.91 Å². The van der Waals surface area contributed by atoms with Crippen LogP contribution in [0, 0.1) is 6.92 Å². The second-order valence-electron chi connectivity index (χ2n) is 5.61. The molecule has 0 saturated carbocycles. The summed E-state index contributed by atoms with van der Waals surface area (Å²) in [5.41, 5.74) is 3.27. The Morgan fingerprint density at radius 2 is 1.76 bits per heavy atom. The zero-order chi connectivity index (χ0) is 17.6. The van der Waals surface area contributed by atoms with Crippen molar-refractivity contribution in [3.05, 3.63) is 78.2 Å². The number of hydrogen-bond donors (Lipinski definition) is 1. The highest BCUT2D eigenvalue weighted by Gasteiger charge is 2.18. The zero-order valence-corrected chi connectivity index (χ0v) is 14.3. The van der Waals surface area contributed by atoms with Crippen LogP contribution in [-0.4, -0.2) is 22.4 Å². The lowest BCUT2D eigenvalue weighted by molar-refractivity contribution is 0.0983. The molecule has 0 atom stereocenters. The van der Waals surface area contributed by atoms with Crippen LogP contribution in [0.15, 0.2) is 67.0 Å². The molecular weight excluding hydrogens is 312 g/mol. The van der Waals surface area contributed by atoms with Crippen LogP contribution in [0.2, 0.25) is 0 Å². The van der Waals surface area contributed by atoms with Crippen LogP contribution >= 0.6 is 0 Å². The number of aryl methyl sites for hydroxylation is 1. The van der Waals surface area contributed by atoms with Gasteiger partial charge in [-0.1, -0.05) is 36.4 Å². The first-order chi connectivity index (χ1) is 12.2. The van der Waals surface area contributed by atoms with Gasteiger partial charge in [0.05, 0.1) is 0 Å². The first-order valence-electron chi connectivity index (χ1n) is 8.20. The molecule has 1 N–H and O–H groups in total. The maximum atomic E-state index is 12.9. The van der Waals surface area contributed by atoms with Crippen molar-refractivity contribution < 1.29 is 4.79 Å². The Labute approximate surface area is 147 Å². The van der Waals surface area contributed by atoms with Gasteiger partial charge in [-0.3, -0.25) is 4.79 Å². The van der Waals surface area contributed by atoms with E-state index in [4.69, 9.17) is 0 Å². The Bertz CT molecular complexity index is 864. The Morgan fingerprint density at radius 3 is 2.48 bits per heavy atom. The lowest BCUT2D eigenvalue weighted by Gasteiger charge is -2.20. The molecule has 0 aliphatic carbocycles. The molecule has 1 heterocycles. The van der Waals surface area contributed by atoms with E-state index in [0.717, 1.165) is 16.9 Å². The van der Waals surface area contributed by atoms with Gasteiger partial charge in [-0.25, -0.2) is 9.97 Å². The number of hydrogen-bond acceptors (Lipinski definition) is 4. The number of aromatic nitrogens is 2. The summed E-state index contributed by atoms with van der Waals surface area (Å²) in [6.45, 7) is 4.52. The number of carbonyl (C=O) groups is 1. The minimum absolute atomic E-state index is 0.149. The fraction of sp³-hybridized carbons (Fsp3) is 0.150. The van der Waals surface area contributed by atoms with Crippen LogP contribution in [-0.2, 0) is 0 Å². The molecule has 0 bridgehead atoms. The lowest BCUT2D eigenvalue weighted by atomic mass is 10.2. The van der Waals surface area contributed by atoms with Crippen molar-refractivity contribution in [3.63, 3.8) is 0 Å². The largest absolute Gasteiger partial charge is 0.340 e. The third-order valence-electron chi connectivity index (χ3n) is 3.92. The van der Waals surface area contributed by atoms with E-state index in [1.807, 2.05) is 68.4 Å². The second-order valence-corrected chi connectivity index (χ2v) is 5.61. The Balaban J connectivity index is 1.85. The van der Waals surface area contributed by atoms with E-state index >= 15 is 0 Å². The molecule has 0 radical (unpaired) electrons. The van der Waals surface area contributed by atoms with E-state index in [-0.39, 0.29) is 5.91 Å². The number of benzene rings is 2. The van der Waals surface area contributed by atoms with Gasteiger partial charge in [-0.15, -0.1) is 0 Å². The zero-order valence-electron chi connectivity index (χ0n) is 14.3.